The Labute approximate surface area is 175 Å². The maximum atomic E-state index is 13.0. The first-order valence-corrected chi connectivity index (χ1v) is 11.1. The molecule has 0 bridgehead atoms. The van der Waals surface area contributed by atoms with E-state index in [4.69, 9.17) is 9.47 Å². The van der Waals surface area contributed by atoms with E-state index in [-0.39, 0.29) is 17.1 Å². The Kier molecular flexibility index (Phi) is 6.74. The molecule has 2 aromatic carbocycles. The number of amides is 1. The number of halogens is 1. The average Bonchev–Trinajstić information content (AvgIpc) is 2.69. The van der Waals surface area contributed by atoms with E-state index in [0.29, 0.717) is 24.5 Å². The van der Waals surface area contributed by atoms with Gasteiger partial charge >= 0.3 is 0 Å². The minimum atomic E-state index is -3.65. The first-order valence-electron chi connectivity index (χ1n) is 9.64. The Morgan fingerprint density at radius 2 is 1.67 bits per heavy atom. The van der Waals surface area contributed by atoms with Crippen molar-refractivity contribution < 1.29 is 27.1 Å². The van der Waals surface area contributed by atoms with Crippen LogP contribution in [0, 0.1) is 5.82 Å². The van der Waals surface area contributed by atoms with Crippen molar-refractivity contribution in [1.82, 2.24) is 4.31 Å². The topological polar surface area (TPSA) is 84.9 Å². The van der Waals surface area contributed by atoms with Crippen LogP contribution in [0.3, 0.4) is 0 Å². The van der Waals surface area contributed by atoms with Gasteiger partial charge in [0.15, 0.2) is 6.10 Å². The number of nitrogens with one attached hydrogen (secondary N) is 1. The van der Waals surface area contributed by atoms with Gasteiger partial charge in [-0.2, -0.15) is 4.31 Å². The molecule has 0 saturated carbocycles. The summed E-state index contributed by atoms with van der Waals surface area (Å²) in [6, 6.07) is 11.3. The molecule has 1 saturated heterocycles. The minimum absolute atomic E-state index is 0.150. The molecule has 0 aliphatic carbocycles. The van der Waals surface area contributed by atoms with Crippen LogP contribution in [0.5, 0.6) is 5.75 Å². The van der Waals surface area contributed by atoms with Crippen LogP contribution in [0.2, 0.25) is 0 Å². The number of ether oxygens (including phenoxy) is 2. The number of carbonyl (C=O) groups is 1. The van der Waals surface area contributed by atoms with E-state index in [2.05, 4.69) is 5.32 Å². The van der Waals surface area contributed by atoms with E-state index in [0.717, 1.165) is 0 Å². The predicted octanol–water partition coefficient (Wildman–Crippen LogP) is 3.03. The quantitative estimate of drug-likeness (QED) is 0.753. The molecule has 0 radical (unpaired) electrons. The fourth-order valence-electron chi connectivity index (χ4n) is 3.20. The van der Waals surface area contributed by atoms with E-state index < -0.39 is 27.9 Å². The summed E-state index contributed by atoms with van der Waals surface area (Å²) in [6.45, 7) is 5.84. The summed E-state index contributed by atoms with van der Waals surface area (Å²) < 4.78 is 51.2. The molecule has 1 fully saturated rings. The molecule has 1 aliphatic heterocycles. The van der Waals surface area contributed by atoms with Crippen molar-refractivity contribution in [3.63, 3.8) is 0 Å². The highest BCUT2D eigenvalue weighted by molar-refractivity contribution is 7.89. The van der Waals surface area contributed by atoms with Gasteiger partial charge in [0.25, 0.3) is 5.91 Å². The van der Waals surface area contributed by atoms with Gasteiger partial charge in [-0.15, -0.1) is 0 Å². The molecule has 9 heteroatoms. The zero-order valence-corrected chi connectivity index (χ0v) is 17.9. The van der Waals surface area contributed by atoms with Gasteiger partial charge in [0.05, 0.1) is 17.1 Å². The Morgan fingerprint density at radius 3 is 2.23 bits per heavy atom. The average molecular weight is 437 g/mol. The largest absolute Gasteiger partial charge is 0.481 e. The van der Waals surface area contributed by atoms with Gasteiger partial charge in [-0.3, -0.25) is 4.79 Å². The molecule has 0 aromatic heterocycles. The molecule has 0 spiro atoms. The molecule has 1 N–H and O–H groups in total. The first-order chi connectivity index (χ1) is 14.1. The third-order valence-electron chi connectivity index (χ3n) is 4.64. The van der Waals surface area contributed by atoms with Gasteiger partial charge in [-0.1, -0.05) is 0 Å². The molecule has 1 aliphatic rings. The Balaban J connectivity index is 1.63. The molecular weight excluding hydrogens is 411 g/mol. The fourth-order valence-corrected chi connectivity index (χ4v) is 4.79. The third-order valence-corrected chi connectivity index (χ3v) is 6.49. The summed E-state index contributed by atoms with van der Waals surface area (Å²) in [5.74, 6) is -0.435. The van der Waals surface area contributed by atoms with Crippen LogP contribution >= 0.6 is 0 Å². The molecule has 162 valence electrons. The van der Waals surface area contributed by atoms with Crippen LogP contribution in [-0.2, 0) is 19.6 Å². The first kappa shape index (κ1) is 22.2. The molecule has 1 heterocycles. The number of rotatable bonds is 6. The lowest BCUT2D eigenvalue weighted by Gasteiger charge is -2.34. The van der Waals surface area contributed by atoms with Gasteiger partial charge < -0.3 is 14.8 Å². The Morgan fingerprint density at radius 1 is 1.10 bits per heavy atom. The van der Waals surface area contributed by atoms with Crippen LogP contribution in [0.25, 0.3) is 0 Å². The van der Waals surface area contributed by atoms with Gasteiger partial charge in [0.2, 0.25) is 10.0 Å². The molecule has 3 atom stereocenters. The molecule has 2 aromatic rings. The van der Waals surface area contributed by atoms with Crippen molar-refractivity contribution >= 4 is 21.6 Å². The number of hydrogen-bond acceptors (Lipinski definition) is 5. The lowest BCUT2D eigenvalue weighted by molar-refractivity contribution is -0.122. The third kappa shape index (κ3) is 5.35. The van der Waals surface area contributed by atoms with E-state index in [1.807, 2.05) is 13.8 Å². The van der Waals surface area contributed by atoms with Crippen LogP contribution in [0.15, 0.2) is 53.4 Å². The number of morpholine rings is 1. The van der Waals surface area contributed by atoms with Gasteiger partial charge in [0.1, 0.15) is 11.6 Å². The number of sulfonamides is 1. The van der Waals surface area contributed by atoms with Crippen molar-refractivity contribution in [2.24, 2.45) is 0 Å². The molecule has 30 heavy (non-hydrogen) atoms. The second-order valence-electron chi connectivity index (χ2n) is 7.31. The maximum absolute atomic E-state index is 13.0. The fraction of sp³-hybridized carbons (Fsp3) is 0.381. The second kappa shape index (κ2) is 9.11. The van der Waals surface area contributed by atoms with Crippen LogP contribution < -0.4 is 10.1 Å². The van der Waals surface area contributed by atoms with Crippen LogP contribution in [-0.4, -0.2) is 50.0 Å². The lowest BCUT2D eigenvalue weighted by Crippen LogP contribution is -2.48. The maximum Gasteiger partial charge on any atom is 0.265 e. The SMILES string of the molecule is C[C@H]1CN(S(=O)(=O)c2ccc(NC(=O)[C@@H](C)Oc3ccc(F)cc3)cc2)C[C@H](C)O1. The Hall–Kier alpha value is -2.49. The number of nitrogens with zero attached hydrogens (tertiary/aromatic N) is 1. The van der Waals surface area contributed by atoms with Crippen molar-refractivity contribution in [2.75, 3.05) is 18.4 Å². The van der Waals surface area contributed by atoms with Crippen LogP contribution in [0.4, 0.5) is 10.1 Å². The van der Waals surface area contributed by atoms with Gasteiger partial charge in [-0.05, 0) is 69.3 Å². The summed E-state index contributed by atoms with van der Waals surface area (Å²) in [5, 5.41) is 2.68. The number of benzene rings is 2. The van der Waals surface area contributed by atoms with Gasteiger partial charge in [0, 0.05) is 18.8 Å². The summed E-state index contributed by atoms with van der Waals surface area (Å²) in [6.07, 6.45) is -1.18. The van der Waals surface area contributed by atoms with Crippen molar-refractivity contribution in [3.05, 3.63) is 54.3 Å². The minimum Gasteiger partial charge on any atom is -0.481 e. The molecular formula is C21H25FN2O5S. The van der Waals surface area contributed by atoms with Gasteiger partial charge in [-0.25, -0.2) is 12.8 Å². The van der Waals surface area contributed by atoms with Crippen molar-refractivity contribution in [2.45, 2.75) is 44.0 Å². The zero-order valence-electron chi connectivity index (χ0n) is 17.0. The smallest absolute Gasteiger partial charge is 0.265 e. The highest BCUT2D eigenvalue weighted by Crippen LogP contribution is 2.23. The molecule has 7 nitrogen and oxygen atoms in total. The molecule has 0 unspecified atom stereocenters. The van der Waals surface area contributed by atoms with Crippen molar-refractivity contribution in [1.29, 1.82) is 0 Å². The van der Waals surface area contributed by atoms with E-state index in [9.17, 15) is 17.6 Å². The Bertz CT molecular complexity index is 969. The monoisotopic (exact) mass is 436 g/mol. The number of carbonyl (C=O) groups excluding carboxylic acids is 1. The standard InChI is InChI=1S/C21H25FN2O5S/c1-14-12-24(13-15(2)28-14)30(26,27)20-10-6-18(7-11-20)23-21(25)16(3)29-19-8-4-17(22)5-9-19/h4-11,14-16H,12-13H2,1-3H3,(H,23,25)/t14-,15-,16+/m0/s1. The summed E-state index contributed by atoms with van der Waals surface area (Å²) in [5.41, 5.74) is 0.442. The second-order valence-corrected chi connectivity index (χ2v) is 9.24. The highest BCUT2D eigenvalue weighted by atomic mass is 32.2. The van der Waals surface area contributed by atoms with E-state index >= 15 is 0 Å². The molecule has 1 amide bonds. The molecule has 3 rings (SSSR count). The lowest BCUT2D eigenvalue weighted by atomic mass is 10.3. The number of anilines is 1. The normalized spacial score (nSPS) is 21.1. The van der Waals surface area contributed by atoms with Crippen molar-refractivity contribution in [3.8, 4) is 5.75 Å². The van der Waals surface area contributed by atoms with Crippen LogP contribution in [0.1, 0.15) is 20.8 Å². The summed E-state index contributed by atoms with van der Waals surface area (Å²) >= 11 is 0. The number of hydrogen-bond donors (Lipinski definition) is 1. The van der Waals surface area contributed by atoms with E-state index in [1.54, 1.807) is 6.92 Å². The summed E-state index contributed by atoms with van der Waals surface area (Å²) in [7, 11) is -3.65. The highest BCUT2D eigenvalue weighted by Gasteiger charge is 2.32. The van der Waals surface area contributed by atoms with E-state index in [1.165, 1.54) is 52.8 Å². The summed E-state index contributed by atoms with van der Waals surface area (Å²) in [4.78, 5) is 12.5. The predicted molar refractivity (Wildman–Crippen MR) is 110 cm³/mol. The zero-order chi connectivity index (χ0) is 21.9.